The molecule has 6 heteroatoms. The van der Waals surface area contributed by atoms with Gasteiger partial charge in [0.05, 0.1) is 6.33 Å². The summed E-state index contributed by atoms with van der Waals surface area (Å²) in [5, 5.41) is 12.0. The molecule has 0 saturated heterocycles. The van der Waals surface area contributed by atoms with Crippen LogP contribution in [0.4, 0.5) is 5.82 Å². The Balaban J connectivity index is 2.03. The molecule has 0 aromatic carbocycles. The molecule has 1 unspecified atom stereocenters. The van der Waals surface area contributed by atoms with E-state index in [2.05, 4.69) is 20.3 Å². The predicted molar refractivity (Wildman–Crippen MR) is 62.1 cm³/mol. The van der Waals surface area contributed by atoms with Gasteiger partial charge in [-0.1, -0.05) is 0 Å². The average molecular weight is 228 g/mol. The van der Waals surface area contributed by atoms with Gasteiger partial charge in [0, 0.05) is 37.4 Å². The summed E-state index contributed by atoms with van der Waals surface area (Å²) in [5.41, 5.74) is 0.310. The number of nitriles is 1. The molecule has 86 valence electrons. The fourth-order valence-electron chi connectivity index (χ4n) is 1.52. The van der Waals surface area contributed by atoms with Crippen LogP contribution in [0.1, 0.15) is 12.6 Å². The van der Waals surface area contributed by atoms with Crippen molar-refractivity contribution in [3.05, 3.63) is 36.8 Å². The van der Waals surface area contributed by atoms with Crippen LogP contribution in [0.15, 0.2) is 31.1 Å². The predicted octanol–water partition coefficient (Wildman–Crippen LogP) is 1.05. The Morgan fingerprint density at radius 1 is 1.41 bits per heavy atom. The summed E-state index contributed by atoms with van der Waals surface area (Å²) in [5.74, 6) is 0.516. The third kappa shape index (κ3) is 2.78. The van der Waals surface area contributed by atoms with Crippen LogP contribution in [-0.2, 0) is 6.54 Å². The SMILES string of the molecule is CC(Cn1ccnc1)Nc1nccnc1C#N. The lowest BCUT2D eigenvalue weighted by Gasteiger charge is -2.15. The first kappa shape index (κ1) is 11.1. The highest BCUT2D eigenvalue weighted by atomic mass is 15.1. The molecule has 0 amide bonds. The molecule has 2 aromatic heterocycles. The van der Waals surface area contributed by atoms with Gasteiger partial charge in [-0.05, 0) is 6.92 Å². The third-order valence-electron chi connectivity index (χ3n) is 2.23. The highest BCUT2D eigenvalue weighted by Crippen LogP contribution is 2.08. The zero-order valence-electron chi connectivity index (χ0n) is 9.41. The number of anilines is 1. The number of hydrogen-bond donors (Lipinski definition) is 1. The van der Waals surface area contributed by atoms with Gasteiger partial charge in [-0.25, -0.2) is 15.0 Å². The second-order valence-corrected chi connectivity index (χ2v) is 3.67. The zero-order chi connectivity index (χ0) is 12.1. The largest absolute Gasteiger partial charge is 0.363 e. The van der Waals surface area contributed by atoms with E-state index < -0.39 is 0 Å². The molecular weight excluding hydrogens is 216 g/mol. The first-order valence-corrected chi connectivity index (χ1v) is 5.23. The van der Waals surface area contributed by atoms with Crippen LogP contribution < -0.4 is 5.32 Å². The van der Waals surface area contributed by atoms with Crippen LogP contribution >= 0.6 is 0 Å². The van der Waals surface area contributed by atoms with E-state index in [9.17, 15) is 0 Å². The summed E-state index contributed by atoms with van der Waals surface area (Å²) in [6, 6.07) is 2.14. The van der Waals surface area contributed by atoms with E-state index in [1.165, 1.54) is 6.20 Å². The molecule has 6 nitrogen and oxygen atoms in total. The Morgan fingerprint density at radius 3 is 2.94 bits per heavy atom. The molecule has 2 rings (SSSR count). The number of hydrogen-bond acceptors (Lipinski definition) is 5. The lowest BCUT2D eigenvalue weighted by atomic mass is 10.3. The average Bonchev–Trinajstić information content (AvgIpc) is 2.82. The van der Waals surface area contributed by atoms with Gasteiger partial charge < -0.3 is 9.88 Å². The number of nitrogens with zero attached hydrogens (tertiary/aromatic N) is 5. The molecule has 0 aliphatic carbocycles. The fourth-order valence-corrected chi connectivity index (χ4v) is 1.52. The molecule has 0 saturated carbocycles. The zero-order valence-corrected chi connectivity index (χ0v) is 9.41. The Labute approximate surface area is 99.0 Å². The van der Waals surface area contributed by atoms with Crippen molar-refractivity contribution in [2.75, 3.05) is 5.32 Å². The van der Waals surface area contributed by atoms with Crippen LogP contribution in [0, 0.1) is 11.3 Å². The molecule has 0 radical (unpaired) electrons. The topological polar surface area (TPSA) is 79.4 Å². The monoisotopic (exact) mass is 228 g/mol. The number of nitrogens with one attached hydrogen (secondary N) is 1. The minimum absolute atomic E-state index is 0.132. The fraction of sp³-hybridized carbons (Fsp3) is 0.273. The minimum atomic E-state index is 0.132. The molecule has 1 N–H and O–H groups in total. The maximum absolute atomic E-state index is 8.88. The van der Waals surface area contributed by atoms with E-state index in [1.807, 2.05) is 23.8 Å². The second kappa shape index (κ2) is 5.07. The summed E-state index contributed by atoms with van der Waals surface area (Å²) in [6.45, 7) is 2.76. The molecule has 0 bridgehead atoms. The molecule has 2 aromatic rings. The maximum atomic E-state index is 8.88. The normalized spacial score (nSPS) is 11.8. The molecule has 2 heterocycles. The van der Waals surface area contributed by atoms with Crippen molar-refractivity contribution in [1.82, 2.24) is 19.5 Å². The molecule has 17 heavy (non-hydrogen) atoms. The van der Waals surface area contributed by atoms with Crippen molar-refractivity contribution >= 4 is 5.82 Å². The van der Waals surface area contributed by atoms with Gasteiger partial charge in [-0.3, -0.25) is 0 Å². The summed E-state index contributed by atoms with van der Waals surface area (Å²) in [7, 11) is 0. The van der Waals surface area contributed by atoms with E-state index in [-0.39, 0.29) is 6.04 Å². The number of imidazole rings is 1. The summed E-state index contributed by atoms with van der Waals surface area (Å²) in [4.78, 5) is 12.0. The van der Waals surface area contributed by atoms with Crippen LogP contribution in [0.3, 0.4) is 0 Å². The lowest BCUT2D eigenvalue weighted by molar-refractivity contribution is 0.616. The number of aromatic nitrogens is 4. The second-order valence-electron chi connectivity index (χ2n) is 3.67. The maximum Gasteiger partial charge on any atom is 0.182 e. The van der Waals surface area contributed by atoms with Crippen LogP contribution in [0.5, 0.6) is 0 Å². The van der Waals surface area contributed by atoms with E-state index in [4.69, 9.17) is 5.26 Å². The van der Waals surface area contributed by atoms with Crippen LogP contribution in [0.2, 0.25) is 0 Å². The van der Waals surface area contributed by atoms with Gasteiger partial charge in [0.25, 0.3) is 0 Å². The van der Waals surface area contributed by atoms with E-state index >= 15 is 0 Å². The Morgan fingerprint density at radius 2 is 2.24 bits per heavy atom. The third-order valence-corrected chi connectivity index (χ3v) is 2.23. The van der Waals surface area contributed by atoms with Crippen molar-refractivity contribution < 1.29 is 0 Å². The van der Waals surface area contributed by atoms with Gasteiger partial charge in [0.1, 0.15) is 6.07 Å². The van der Waals surface area contributed by atoms with Crippen LogP contribution in [0.25, 0.3) is 0 Å². The van der Waals surface area contributed by atoms with E-state index in [1.54, 1.807) is 18.7 Å². The molecular formula is C11H12N6. The molecule has 0 spiro atoms. The minimum Gasteiger partial charge on any atom is -0.363 e. The quantitative estimate of drug-likeness (QED) is 0.845. The van der Waals surface area contributed by atoms with Gasteiger partial charge in [-0.2, -0.15) is 5.26 Å². The lowest BCUT2D eigenvalue weighted by Crippen LogP contribution is -2.22. The Bertz CT molecular complexity index is 513. The van der Waals surface area contributed by atoms with Gasteiger partial charge in [0.15, 0.2) is 11.5 Å². The standard InChI is InChI=1S/C11H12N6/c1-9(7-17-5-4-13-8-17)16-11-10(6-12)14-2-3-15-11/h2-5,8-9H,7H2,1H3,(H,15,16). The highest BCUT2D eigenvalue weighted by molar-refractivity contribution is 5.47. The van der Waals surface area contributed by atoms with Crippen LogP contribution in [-0.4, -0.2) is 25.6 Å². The molecule has 0 fully saturated rings. The van der Waals surface area contributed by atoms with Crippen molar-refractivity contribution in [2.45, 2.75) is 19.5 Å². The summed E-state index contributed by atoms with van der Waals surface area (Å²) in [6.07, 6.45) is 8.44. The molecule has 0 aliphatic rings. The van der Waals surface area contributed by atoms with Crippen molar-refractivity contribution in [3.63, 3.8) is 0 Å². The number of rotatable bonds is 4. The summed E-state index contributed by atoms with van der Waals surface area (Å²) < 4.78 is 1.96. The highest BCUT2D eigenvalue weighted by Gasteiger charge is 2.08. The molecule has 1 atom stereocenters. The van der Waals surface area contributed by atoms with E-state index in [0.717, 1.165) is 6.54 Å². The summed E-state index contributed by atoms with van der Waals surface area (Å²) >= 11 is 0. The first-order chi connectivity index (χ1) is 8.29. The smallest absolute Gasteiger partial charge is 0.182 e. The van der Waals surface area contributed by atoms with Gasteiger partial charge >= 0.3 is 0 Å². The van der Waals surface area contributed by atoms with Crippen molar-refractivity contribution in [3.8, 4) is 6.07 Å². The van der Waals surface area contributed by atoms with Gasteiger partial charge in [0.2, 0.25) is 0 Å². The molecule has 0 aliphatic heterocycles. The Hall–Kier alpha value is -2.42. The van der Waals surface area contributed by atoms with E-state index in [0.29, 0.717) is 11.5 Å². The van der Waals surface area contributed by atoms with Crippen molar-refractivity contribution in [2.24, 2.45) is 0 Å². The first-order valence-electron chi connectivity index (χ1n) is 5.23. The van der Waals surface area contributed by atoms with Gasteiger partial charge in [-0.15, -0.1) is 0 Å². The van der Waals surface area contributed by atoms with Crippen molar-refractivity contribution in [1.29, 1.82) is 5.26 Å². The Kier molecular flexibility index (Phi) is 3.31.